The quantitative estimate of drug-likeness (QED) is 0.842. The Morgan fingerprint density at radius 1 is 1.56 bits per heavy atom. The van der Waals surface area contributed by atoms with Gasteiger partial charge in [-0.1, -0.05) is 0 Å². The second-order valence-electron chi connectivity index (χ2n) is 4.40. The molecule has 4 nitrogen and oxygen atoms in total. The van der Waals surface area contributed by atoms with E-state index in [1.165, 1.54) is 0 Å². The standard InChI is InChI=1S/C11H18FN3O/c1-7-8(2)16-11(14-7)6-15-5-9(12)3-10(15)4-13/h9-10H,3-6,13H2,1-2H3/t9-,10+/m1/s1. The van der Waals surface area contributed by atoms with Gasteiger partial charge in [0, 0.05) is 19.1 Å². The van der Waals surface area contributed by atoms with Crippen molar-refractivity contribution in [1.29, 1.82) is 0 Å². The Morgan fingerprint density at radius 2 is 2.31 bits per heavy atom. The molecule has 0 radical (unpaired) electrons. The zero-order valence-electron chi connectivity index (χ0n) is 9.74. The molecule has 90 valence electrons. The molecule has 0 aliphatic carbocycles. The van der Waals surface area contributed by atoms with Gasteiger partial charge in [-0.05, 0) is 20.3 Å². The van der Waals surface area contributed by atoms with Gasteiger partial charge in [0.25, 0.3) is 0 Å². The van der Waals surface area contributed by atoms with Crippen LogP contribution in [-0.4, -0.2) is 35.2 Å². The normalized spacial score (nSPS) is 26.5. The third kappa shape index (κ3) is 2.25. The number of aryl methyl sites for hydroxylation is 2. The van der Waals surface area contributed by atoms with E-state index >= 15 is 0 Å². The van der Waals surface area contributed by atoms with Crippen molar-refractivity contribution in [2.24, 2.45) is 5.73 Å². The molecule has 0 amide bonds. The van der Waals surface area contributed by atoms with Crippen molar-refractivity contribution < 1.29 is 8.81 Å². The minimum Gasteiger partial charge on any atom is -0.444 e. The molecule has 2 N–H and O–H groups in total. The molecule has 1 aliphatic heterocycles. The van der Waals surface area contributed by atoms with Gasteiger partial charge in [0.05, 0.1) is 12.2 Å². The molecule has 1 aromatic rings. The molecule has 2 heterocycles. The molecular weight excluding hydrogens is 209 g/mol. The van der Waals surface area contributed by atoms with Gasteiger partial charge < -0.3 is 10.2 Å². The van der Waals surface area contributed by atoms with Gasteiger partial charge in [-0.15, -0.1) is 0 Å². The number of oxazole rings is 1. The largest absolute Gasteiger partial charge is 0.444 e. The van der Waals surface area contributed by atoms with Gasteiger partial charge in [0.15, 0.2) is 0 Å². The molecule has 16 heavy (non-hydrogen) atoms. The number of nitrogens with zero attached hydrogens (tertiary/aromatic N) is 2. The van der Waals surface area contributed by atoms with E-state index < -0.39 is 6.17 Å². The minimum absolute atomic E-state index is 0.113. The van der Waals surface area contributed by atoms with Crippen molar-refractivity contribution in [3.05, 3.63) is 17.3 Å². The number of rotatable bonds is 3. The van der Waals surface area contributed by atoms with Crippen molar-refractivity contribution in [2.75, 3.05) is 13.1 Å². The predicted molar refractivity (Wildman–Crippen MR) is 58.7 cm³/mol. The Bertz CT molecular complexity index is 347. The summed E-state index contributed by atoms with van der Waals surface area (Å²) in [7, 11) is 0. The average Bonchev–Trinajstić information content (AvgIpc) is 2.72. The lowest BCUT2D eigenvalue weighted by molar-refractivity contribution is 0.215. The number of hydrogen-bond acceptors (Lipinski definition) is 4. The zero-order chi connectivity index (χ0) is 11.7. The van der Waals surface area contributed by atoms with Gasteiger partial charge >= 0.3 is 0 Å². The zero-order valence-corrected chi connectivity index (χ0v) is 9.74. The van der Waals surface area contributed by atoms with Crippen LogP contribution in [0.2, 0.25) is 0 Å². The third-order valence-electron chi connectivity index (χ3n) is 3.16. The molecule has 0 saturated carbocycles. The van der Waals surface area contributed by atoms with Gasteiger partial charge in [-0.2, -0.15) is 0 Å². The summed E-state index contributed by atoms with van der Waals surface area (Å²) < 4.78 is 18.7. The van der Waals surface area contributed by atoms with Gasteiger partial charge in [0.2, 0.25) is 5.89 Å². The van der Waals surface area contributed by atoms with Crippen LogP contribution in [0, 0.1) is 13.8 Å². The number of hydrogen-bond donors (Lipinski definition) is 1. The van der Waals surface area contributed by atoms with Crippen LogP contribution in [0.15, 0.2) is 4.42 Å². The minimum atomic E-state index is -0.772. The summed E-state index contributed by atoms with van der Waals surface area (Å²) >= 11 is 0. The highest BCUT2D eigenvalue weighted by Crippen LogP contribution is 2.22. The van der Waals surface area contributed by atoms with Crippen molar-refractivity contribution >= 4 is 0 Å². The maximum Gasteiger partial charge on any atom is 0.208 e. The fraction of sp³-hybridized carbons (Fsp3) is 0.727. The molecule has 0 aromatic carbocycles. The third-order valence-corrected chi connectivity index (χ3v) is 3.16. The van der Waals surface area contributed by atoms with E-state index in [2.05, 4.69) is 4.98 Å². The van der Waals surface area contributed by atoms with Crippen LogP contribution in [0.3, 0.4) is 0 Å². The molecule has 5 heteroatoms. The molecule has 0 bridgehead atoms. The summed E-state index contributed by atoms with van der Waals surface area (Å²) in [5.74, 6) is 1.48. The summed E-state index contributed by atoms with van der Waals surface area (Å²) in [6, 6.07) is 0.113. The van der Waals surface area contributed by atoms with Crippen LogP contribution in [-0.2, 0) is 6.54 Å². The lowest BCUT2D eigenvalue weighted by Crippen LogP contribution is -2.35. The summed E-state index contributed by atoms with van der Waals surface area (Å²) in [6.45, 7) is 5.26. The summed E-state index contributed by atoms with van der Waals surface area (Å²) in [6.07, 6.45) is -0.250. The first-order chi connectivity index (χ1) is 7.60. The number of likely N-dealkylation sites (tertiary alicyclic amines) is 1. The second kappa shape index (κ2) is 4.51. The lowest BCUT2D eigenvalue weighted by atomic mass is 10.2. The van der Waals surface area contributed by atoms with Gasteiger partial charge in [0.1, 0.15) is 11.9 Å². The second-order valence-corrected chi connectivity index (χ2v) is 4.40. The molecule has 2 atom stereocenters. The van der Waals surface area contributed by atoms with Crippen molar-refractivity contribution in [3.8, 4) is 0 Å². The van der Waals surface area contributed by atoms with Crippen molar-refractivity contribution in [2.45, 2.75) is 39.0 Å². The van der Waals surface area contributed by atoms with Gasteiger partial charge in [-0.25, -0.2) is 9.37 Å². The Hall–Kier alpha value is -0.940. The predicted octanol–water partition coefficient (Wildman–Crippen LogP) is 1.16. The van der Waals surface area contributed by atoms with Gasteiger partial charge in [-0.3, -0.25) is 4.90 Å². The maximum absolute atomic E-state index is 13.2. The van der Waals surface area contributed by atoms with E-state index in [1.54, 1.807) is 0 Å². The van der Waals surface area contributed by atoms with E-state index in [-0.39, 0.29) is 6.04 Å². The van der Waals surface area contributed by atoms with Crippen LogP contribution >= 0.6 is 0 Å². The Morgan fingerprint density at radius 3 is 2.88 bits per heavy atom. The Kier molecular flexibility index (Phi) is 3.25. The number of nitrogens with two attached hydrogens (primary N) is 1. The summed E-state index contributed by atoms with van der Waals surface area (Å²) in [4.78, 5) is 6.31. The highest BCUT2D eigenvalue weighted by molar-refractivity contribution is 5.05. The smallest absolute Gasteiger partial charge is 0.208 e. The van der Waals surface area contributed by atoms with Crippen LogP contribution in [0.4, 0.5) is 4.39 Å². The average molecular weight is 227 g/mol. The lowest BCUT2D eigenvalue weighted by Gasteiger charge is -2.20. The number of alkyl halides is 1. The molecule has 1 aromatic heterocycles. The first-order valence-corrected chi connectivity index (χ1v) is 5.61. The fourth-order valence-electron chi connectivity index (χ4n) is 2.14. The summed E-state index contributed by atoms with van der Waals surface area (Å²) in [5, 5.41) is 0. The van der Waals surface area contributed by atoms with Crippen molar-refractivity contribution in [1.82, 2.24) is 9.88 Å². The first-order valence-electron chi connectivity index (χ1n) is 5.61. The highest BCUT2D eigenvalue weighted by atomic mass is 19.1. The van der Waals surface area contributed by atoms with E-state index in [0.717, 1.165) is 11.5 Å². The molecule has 0 unspecified atom stereocenters. The van der Waals surface area contributed by atoms with E-state index in [9.17, 15) is 4.39 Å². The van der Waals surface area contributed by atoms with Crippen molar-refractivity contribution in [3.63, 3.8) is 0 Å². The highest BCUT2D eigenvalue weighted by Gasteiger charge is 2.31. The molecule has 1 aliphatic rings. The van der Waals surface area contributed by atoms with Crippen LogP contribution < -0.4 is 5.73 Å². The first kappa shape index (κ1) is 11.5. The van der Waals surface area contributed by atoms with E-state index in [1.807, 2.05) is 18.7 Å². The van der Waals surface area contributed by atoms with E-state index in [0.29, 0.717) is 31.9 Å². The monoisotopic (exact) mass is 227 g/mol. The molecule has 1 saturated heterocycles. The molecular formula is C11H18FN3O. The Balaban J connectivity index is 2.03. The number of aromatic nitrogens is 1. The van der Waals surface area contributed by atoms with E-state index in [4.69, 9.17) is 10.2 Å². The molecule has 2 rings (SSSR count). The Labute approximate surface area is 94.6 Å². The number of halogens is 1. The molecule has 0 spiro atoms. The van der Waals surface area contributed by atoms with Crippen LogP contribution in [0.1, 0.15) is 23.8 Å². The molecule has 1 fully saturated rings. The maximum atomic E-state index is 13.2. The van der Waals surface area contributed by atoms with Crippen LogP contribution in [0.5, 0.6) is 0 Å². The van der Waals surface area contributed by atoms with Crippen LogP contribution in [0.25, 0.3) is 0 Å². The topological polar surface area (TPSA) is 55.3 Å². The SMILES string of the molecule is Cc1nc(CN2C[C@H](F)C[C@H]2CN)oc1C. The fourth-order valence-corrected chi connectivity index (χ4v) is 2.14. The summed E-state index contributed by atoms with van der Waals surface area (Å²) in [5.41, 5.74) is 6.51.